The maximum atomic E-state index is 14.4. The van der Waals surface area contributed by atoms with Gasteiger partial charge in [-0.15, -0.1) is 0 Å². The molecule has 0 bridgehead atoms. The molecule has 0 amide bonds. The van der Waals surface area contributed by atoms with E-state index in [1.165, 1.54) is 12.1 Å². The lowest BCUT2D eigenvalue weighted by Gasteiger charge is -2.26. The number of hydrogen-bond acceptors (Lipinski definition) is 0. The minimum Gasteiger partial charge on any atom is -0.207 e. The minimum absolute atomic E-state index is 0.122. The van der Waals surface area contributed by atoms with Crippen LogP contribution in [0, 0.1) is 17.6 Å². The quantitative estimate of drug-likeness (QED) is 0.413. The van der Waals surface area contributed by atoms with Crippen LogP contribution >= 0.6 is 0 Å². The Balaban J connectivity index is 1.87. The Morgan fingerprint density at radius 1 is 0.840 bits per heavy atom. The average molecular weight is 348 g/mol. The first-order valence-electron chi connectivity index (χ1n) is 8.56. The lowest BCUT2D eigenvalue weighted by atomic mass is 9.79. The zero-order valence-electron chi connectivity index (χ0n) is 14.0. The summed E-state index contributed by atoms with van der Waals surface area (Å²) in [6.45, 7) is 2.21. The fraction of sp³-hybridized carbons (Fsp3) is 0.333. The molecule has 0 aromatic heterocycles. The van der Waals surface area contributed by atoms with Crippen LogP contribution < -0.4 is 0 Å². The van der Waals surface area contributed by atoms with Crippen LogP contribution in [0.4, 0.5) is 17.6 Å². The Morgan fingerprint density at radius 2 is 1.48 bits per heavy atom. The molecule has 0 atom stereocenters. The van der Waals surface area contributed by atoms with Crippen molar-refractivity contribution in [2.45, 2.75) is 38.5 Å². The van der Waals surface area contributed by atoms with Crippen LogP contribution in [0.1, 0.15) is 55.2 Å². The standard InChI is InChI=1S/C21H20F4/c1-13-2-4-14(5-3-13)16-8-11-18(19(23)12-16)21(25)20(24)15-6-9-17(22)10-7-15/h6-14H,2-5H2,1H3/b21-20+. The molecule has 2 aromatic carbocycles. The van der Waals surface area contributed by atoms with Gasteiger partial charge >= 0.3 is 0 Å². The number of hydrogen-bond donors (Lipinski definition) is 0. The van der Waals surface area contributed by atoms with Gasteiger partial charge in [-0.3, -0.25) is 0 Å². The van der Waals surface area contributed by atoms with Crippen LogP contribution in [0.15, 0.2) is 42.5 Å². The molecule has 2 aromatic rings. The summed E-state index contributed by atoms with van der Waals surface area (Å²) in [6.07, 6.45) is 4.17. The summed E-state index contributed by atoms with van der Waals surface area (Å²) >= 11 is 0. The second-order valence-corrected chi connectivity index (χ2v) is 6.83. The normalized spacial score (nSPS) is 21.8. The van der Waals surface area contributed by atoms with Crippen LogP contribution in [0.3, 0.4) is 0 Å². The second kappa shape index (κ2) is 7.42. The van der Waals surface area contributed by atoms with Crippen molar-refractivity contribution in [3.63, 3.8) is 0 Å². The largest absolute Gasteiger partial charge is 0.207 e. The van der Waals surface area contributed by atoms with Crippen molar-refractivity contribution in [1.29, 1.82) is 0 Å². The van der Waals surface area contributed by atoms with Gasteiger partial charge in [-0.25, -0.2) is 17.6 Å². The van der Waals surface area contributed by atoms with Gasteiger partial charge in [0.25, 0.3) is 0 Å². The molecule has 1 aliphatic rings. The summed E-state index contributed by atoms with van der Waals surface area (Å²) in [6, 6.07) is 8.60. The molecule has 0 N–H and O–H groups in total. The molecule has 132 valence electrons. The van der Waals surface area contributed by atoms with E-state index in [9.17, 15) is 17.6 Å². The van der Waals surface area contributed by atoms with Crippen LogP contribution in [0.2, 0.25) is 0 Å². The maximum absolute atomic E-state index is 14.4. The summed E-state index contributed by atoms with van der Waals surface area (Å²) in [4.78, 5) is 0. The van der Waals surface area contributed by atoms with Crippen LogP contribution in [0.25, 0.3) is 11.7 Å². The molecule has 1 fully saturated rings. The van der Waals surface area contributed by atoms with Crippen molar-refractivity contribution < 1.29 is 17.6 Å². The molecule has 0 radical (unpaired) electrons. The predicted molar refractivity (Wildman–Crippen MR) is 92.2 cm³/mol. The van der Waals surface area contributed by atoms with Gasteiger partial charge in [0.15, 0.2) is 11.7 Å². The Kier molecular flexibility index (Phi) is 5.26. The molecule has 0 nitrogen and oxygen atoms in total. The zero-order valence-corrected chi connectivity index (χ0v) is 14.0. The summed E-state index contributed by atoms with van der Waals surface area (Å²) < 4.78 is 55.9. The highest BCUT2D eigenvalue weighted by molar-refractivity contribution is 5.83. The van der Waals surface area contributed by atoms with E-state index in [4.69, 9.17) is 0 Å². The first-order chi connectivity index (χ1) is 12.0. The topological polar surface area (TPSA) is 0 Å². The molecular formula is C21H20F4. The molecule has 0 unspecified atom stereocenters. The molecule has 3 rings (SSSR count). The highest BCUT2D eigenvalue weighted by Crippen LogP contribution is 2.37. The highest BCUT2D eigenvalue weighted by atomic mass is 19.2. The van der Waals surface area contributed by atoms with E-state index in [1.807, 2.05) is 0 Å². The van der Waals surface area contributed by atoms with Crippen LogP contribution in [0.5, 0.6) is 0 Å². The molecule has 0 saturated heterocycles. The molecule has 0 aliphatic heterocycles. The van der Waals surface area contributed by atoms with Gasteiger partial charge in [-0.1, -0.05) is 25.8 Å². The SMILES string of the molecule is CC1CCC(c2ccc(/C(F)=C(\F)c3ccc(F)cc3)c(F)c2)CC1. The molecular weight excluding hydrogens is 328 g/mol. The van der Waals surface area contributed by atoms with Crippen molar-refractivity contribution in [1.82, 2.24) is 0 Å². The van der Waals surface area contributed by atoms with E-state index < -0.39 is 28.9 Å². The van der Waals surface area contributed by atoms with E-state index in [2.05, 4.69) is 6.92 Å². The Morgan fingerprint density at radius 3 is 2.08 bits per heavy atom. The lowest BCUT2D eigenvalue weighted by molar-refractivity contribution is 0.347. The maximum Gasteiger partial charge on any atom is 0.169 e. The summed E-state index contributed by atoms with van der Waals surface area (Å²) in [5, 5.41) is 0. The van der Waals surface area contributed by atoms with Gasteiger partial charge in [-0.2, -0.15) is 0 Å². The molecule has 0 spiro atoms. The van der Waals surface area contributed by atoms with Gasteiger partial charge in [0, 0.05) is 11.1 Å². The molecule has 1 aliphatic carbocycles. The van der Waals surface area contributed by atoms with Crippen LogP contribution in [-0.2, 0) is 0 Å². The third-order valence-electron chi connectivity index (χ3n) is 5.01. The van der Waals surface area contributed by atoms with Gasteiger partial charge < -0.3 is 0 Å². The monoisotopic (exact) mass is 348 g/mol. The smallest absolute Gasteiger partial charge is 0.169 e. The lowest BCUT2D eigenvalue weighted by Crippen LogP contribution is -2.11. The average Bonchev–Trinajstić information content (AvgIpc) is 2.62. The van der Waals surface area contributed by atoms with E-state index in [1.54, 1.807) is 6.07 Å². The summed E-state index contributed by atoms with van der Waals surface area (Å²) in [5.74, 6) is -2.83. The van der Waals surface area contributed by atoms with E-state index in [0.29, 0.717) is 5.92 Å². The van der Waals surface area contributed by atoms with Crippen molar-refractivity contribution in [3.05, 3.63) is 70.8 Å². The number of halogens is 4. The first kappa shape index (κ1) is 17.7. The third-order valence-corrected chi connectivity index (χ3v) is 5.01. The minimum atomic E-state index is -1.27. The summed E-state index contributed by atoms with van der Waals surface area (Å²) in [7, 11) is 0. The summed E-state index contributed by atoms with van der Waals surface area (Å²) in [5.41, 5.74) is 0.307. The Bertz CT molecular complexity index is 769. The third kappa shape index (κ3) is 3.94. The van der Waals surface area contributed by atoms with Crippen molar-refractivity contribution in [2.24, 2.45) is 5.92 Å². The molecule has 1 saturated carbocycles. The van der Waals surface area contributed by atoms with Gasteiger partial charge in [0.1, 0.15) is 11.6 Å². The molecule has 4 heteroatoms. The van der Waals surface area contributed by atoms with Gasteiger partial charge in [0.05, 0.1) is 0 Å². The zero-order chi connectivity index (χ0) is 18.0. The van der Waals surface area contributed by atoms with Crippen molar-refractivity contribution in [3.8, 4) is 0 Å². The number of rotatable bonds is 3. The fourth-order valence-electron chi connectivity index (χ4n) is 3.40. The highest BCUT2D eigenvalue weighted by Gasteiger charge is 2.22. The van der Waals surface area contributed by atoms with Crippen LogP contribution in [-0.4, -0.2) is 0 Å². The van der Waals surface area contributed by atoms with E-state index in [-0.39, 0.29) is 11.5 Å². The van der Waals surface area contributed by atoms with E-state index >= 15 is 0 Å². The Labute approximate surface area is 145 Å². The predicted octanol–water partition coefficient (Wildman–Crippen LogP) is 7.02. The van der Waals surface area contributed by atoms with Gasteiger partial charge in [0.2, 0.25) is 0 Å². The van der Waals surface area contributed by atoms with E-state index in [0.717, 1.165) is 55.5 Å². The van der Waals surface area contributed by atoms with Crippen molar-refractivity contribution >= 4 is 11.7 Å². The second-order valence-electron chi connectivity index (χ2n) is 6.83. The van der Waals surface area contributed by atoms with Gasteiger partial charge in [-0.05, 0) is 66.6 Å². The van der Waals surface area contributed by atoms with Crippen molar-refractivity contribution in [2.75, 3.05) is 0 Å². The molecule has 0 heterocycles. The molecule has 25 heavy (non-hydrogen) atoms. The Hall–Kier alpha value is -2.10. The fourth-order valence-corrected chi connectivity index (χ4v) is 3.40. The number of benzene rings is 2. The first-order valence-corrected chi connectivity index (χ1v) is 8.56.